The number of aryl methyl sites for hydroxylation is 2. The highest BCUT2D eigenvalue weighted by Gasteiger charge is 2.17. The molecule has 1 N–H and O–H groups in total. The molecular formula is C19H21N3O4S. The van der Waals surface area contributed by atoms with Crippen molar-refractivity contribution >= 4 is 17.2 Å². The van der Waals surface area contributed by atoms with Gasteiger partial charge < -0.3 is 19.2 Å². The highest BCUT2D eigenvalue weighted by molar-refractivity contribution is 7.09. The summed E-state index contributed by atoms with van der Waals surface area (Å²) in [5, 5.41) is 5.74. The molecule has 0 aliphatic carbocycles. The van der Waals surface area contributed by atoms with Crippen molar-refractivity contribution in [1.82, 2.24) is 15.3 Å². The van der Waals surface area contributed by atoms with Crippen LogP contribution in [0.5, 0.6) is 11.5 Å². The Hall–Kier alpha value is -2.87. The van der Waals surface area contributed by atoms with Gasteiger partial charge in [-0.25, -0.2) is 9.97 Å². The Morgan fingerprint density at radius 3 is 2.81 bits per heavy atom. The zero-order chi connectivity index (χ0) is 19.4. The predicted octanol–water partition coefficient (Wildman–Crippen LogP) is 3.83. The lowest BCUT2D eigenvalue weighted by atomic mass is 10.2. The zero-order valence-electron chi connectivity index (χ0n) is 15.6. The van der Waals surface area contributed by atoms with Gasteiger partial charge in [0.15, 0.2) is 23.8 Å². The SMILES string of the molecule is COc1cc(C)ccc1OCc1nc(C(=O)NC(C)c2csc(C)n2)co1. The van der Waals surface area contributed by atoms with Crippen LogP contribution in [-0.4, -0.2) is 23.0 Å². The van der Waals surface area contributed by atoms with E-state index in [1.165, 1.54) is 6.26 Å². The molecule has 8 heteroatoms. The summed E-state index contributed by atoms with van der Waals surface area (Å²) >= 11 is 1.54. The largest absolute Gasteiger partial charge is 0.493 e. The standard InChI is InChI=1S/C19H21N3O4S/c1-11-5-6-16(17(7-11)24-4)25-9-18-22-14(8-26-18)19(23)20-12(2)15-10-27-13(3)21-15/h5-8,10,12H,9H2,1-4H3,(H,20,23). The van der Waals surface area contributed by atoms with Gasteiger partial charge in [-0.2, -0.15) is 0 Å². The second-order valence-electron chi connectivity index (χ2n) is 6.06. The molecule has 0 fully saturated rings. The first-order valence-electron chi connectivity index (χ1n) is 8.41. The van der Waals surface area contributed by atoms with Crippen LogP contribution in [0.2, 0.25) is 0 Å². The van der Waals surface area contributed by atoms with Crippen LogP contribution in [0, 0.1) is 13.8 Å². The van der Waals surface area contributed by atoms with Crippen LogP contribution >= 0.6 is 11.3 Å². The molecule has 3 rings (SSSR count). The van der Waals surface area contributed by atoms with Gasteiger partial charge in [-0.15, -0.1) is 11.3 Å². The van der Waals surface area contributed by atoms with Gasteiger partial charge in [0, 0.05) is 5.38 Å². The van der Waals surface area contributed by atoms with Gasteiger partial charge in [-0.3, -0.25) is 4.79 Å². The van der Waals surface area contributed by atoms with Crippen LogP contribution < -0.4 is 14.8 Å². The fourth-order valence-corrected chi connectivity index (χ4v) is 3.14. The number of benzene rings is 1. The molecule has 0 spiro atoms. The third kappa shape index (κ3) is 4.65. The van der Waals surface area contributed by atoms with Crippen molar-refractivity contribution < 1.29 is 18.7 Å². The Morgan fingerprint density at radius 2 is 2.11 bits per heavy atom. The van der Waals surface area contributed by atoms with Crippen molar-refractivity contribution in [2.24, 2.45) is 0 Å². The molecule has 0 bridgehead atoms. The number of hydrogen-bond acceptors (Lipinski definition) is 7. The van der Waals surface area contributed by atoms with Crippen molar-refractivity contribution in [2.75, 3.05) is 7.11 Å². The van der Waals surface area contributed by atoms with Crippen molar-refractivity contribution in [1.29, 1.82) is 0 Å². The molecule has 1 unspecified atom stereocenters. The van der Waals surface area contributed by atoms with Gasteiger partial charge in [0.25, 0.3) is 5.91 Å². The first-order valence-corrected chi connectivity index (χ1v) is 9.29. The summed E-state index contributed by atoms with van der Waals surface area (Å²) in [5.41, 5.74) is 2.09. The molecule has 3 aromatic rings. The minimum absolute atomic E-state index is 0.0908. The maximum absolute atomic E-state index is 12.3. The van der Waals surface area contributed by atoms with Crippen LogP contribution in [0.3, 0.4) is 0 Å². The van der Waals surface area contributed by atoms with Crippen LogP contribution in [0.25, 0.3) is 0 Å². The predicted molar refractivity (Wildman–Crippen MR) is 101 cm³/mol. The Labute approximate surface area is 161 Å². The third-order valence-corrected chi connectivity index (χ3v) is 4.67. The second-order valence-corrected chi connectivity index (χ2v) is 7.12. The summed E-state index contributed by atoms with van der Waals surface area (Å²) in [4.78, 5) is 20.9. The normalized spacial score (nSPS) is 11.9. The number of hydrogen-bond donors (Lipinski definition) is 1. The van der Waals surface area contributed by atoms with Crippen molar-refractivity contribution in [2.45, 2.75) is 33.4 Å². The molecule has 0 saturated heterocycles. The van der Waals surface area contributed by atoms with Crippen LogP contribution in [0.1, 0.15) is 45.6 Å². The van der Waals surface area contributed by atoms with E-state index in [-0.39, 0.29) is 24.2 Å². The van der Waals surface area contributed by atoms with Crippen LogP contribution in [-0.2, 0) is 6.61 Å². The molecule has 7 nitrogen and oxygen atoms in total. The Morgan fingerprint density at radius 1 is 1.30 bits per heavy atom. The molecule has 1 atom stereocenters. The maximum Gasteiger partial charge on any atom is 0.273 e. The number of methoxy groups -OCH3 is 1. The smallest absolute Gasteiger partial charge is 0.273 e. The van der Waals surface area contributed by atoms with Crippen LogP contribution in [0.15, 0.2) is 34.3 Å². The van der Waals surface area contributed by atoms with E-state index >= 15 is 0 Å². The van der Waals surface area contributed by atoms with E-state index in [0.717, 1.165) is 16.3 Å². The van der Waals surface area contributed by atoms with Crippen LogP contribution in [0.4, 0.5) is 0 Å². The maximum atomic E-state index is 12.3. The minimum atomic E-state index is -0.323. The number of rotatable bonds is 7. The van der Waals surface area contributed by atoms with Gasteiger partial charge in [0.05, 0.1) is 23.9 Å². The topological polar surface area (TPSA) is 86.5 Å². The number of thiazole rings is 1. The summed E-state index contributed by atoms with van der Waals surface area (Å²) in [5.74, 6) is 1.20. The summed E-state index contributed by atoms with van der Waals surface area (Å²) in [6.07, 6.45) is 1.32. The van der Waals surface area contributed by atoms with E-state index in [1.54, 1.807) is 18.4 Å². The molecule has 142 valence electrons. The molecule has 27 heavy (non-hydrogen) atoms. The third-order valence-electron chi connectivity index (χ3n) is 3.88. The summed E-state index contributed by atoms with van der Waals surface area (Å²) in [6.45, 7) is 5.86. The lowest BCUT2D eigenvalue weighted by Gasteiger charge is -2.10. The van der Waals surface area contributed by atoms with Gasteiger partial charge in [-0.1, -0.05) is 6.07 Å². The average molecular weight is 387 g/mol. The summed E-state index contributed by atoms with van der Waals surface area (Å²) in [6, 6.07) is 5.41. The molecule has 0 radical (unpaired) electrons. The number of amides is 1. The van der Waals surface area contributed by atoms with E-state index in [4.69, 9.17) is 13.9 Å². The monoisotopic (exact) mass is 387 g/mol. The van der Waals surface area contributed by atoms with E-state index < -0.39 is 0 Å². The lowest BCUT2D eigenvalue weighted by molar-refractivity contribution is 0.0934. The molecule has 1 amide bonds. The molecule has 0 aliphatic rings. The highest BCUT2D eigenvalue weighted by Crippen LogP contribution is 2.28. The Balaban J connectivity index is 1.60. The quantitative estimate of drug-likeness (QED) is 0.663. The molecule has 2 heterocycles. The van der Waals surface area contributed by atoms with Gasteiger partial charge in [0.1, 0.15) is 6.26 Å². The Kier molecular flexibility index (Phi) is 5.75. The van der Waals surface area contributed by atoms with E-state index in [0.29, 0.717) is 17.4 Å². The van der Waals surface area contributed by atoms with Gasteiger partial charge >= 0.3 is 0 Å². The van der Waals surface area contributed by atoms with Crippen molar-refractivity contribution in [3.63, 3.8) is 0 Å². The van der Waals surface area contributed by atoms with Crippen molar-refractivity contribution in [3.8, 4) is 11.5 Å². The van der Waals surface area contributed by atoms with Crippen molar-refractivity contribution in [3.05, 3.63) is 57.7 Å². The molecular weight excluding hydrogens is 366 g/mol. The Bertz CT molecular complexity index is 935. The fraction of sp³-hybridized carbons (Fsp3) is 0.316. The average Bonchev–Trinajstić information content (AvgIpc) is 3.29. The first kappa shape index (κ1) is 18.9. The highest BCUT2D eigenvalue weighted by atomic mass is 32.1. The molecule has 0 saturated carbocycles. The summed E-state index contributed by atoms with van der Waals surface area (Å²) in [7, 11) is 1.58. The molecule has 2 aromatic heterocycles. The van der Waals surface area contributed by atoms with Gasteiger partial charge in [0.2, 0.25) is 5.89 Å². The number of oxazole rings is 1. The molecule has 1 aromatic carbocycles. The first-order chi connectivity index (χ1) is 13.0. The van der Waals surface area contributed by atoms with E-state index in [9.17, 15) is 4.79 Å². The number of aromatic nitrogens is 2. The van der Waals surface area contributed by atoms with Gasteiger partial charge in [-0.05, 0) is 38.5 Å². The number of carbonyl (C=O) groups excluding carboxylic acids is 1. The summed E-state index contributed by atoms with van der Waals surface area (Å²) < 4.78 is 16.3. The number of ether oxygens (including phenoxy) is 2. The minimum Gasteiger partial charge on any atom is -0.493 e. The zero-order valence-corrected chi connectivity index (χ0v) is 16.4. The fourth-order valence-electron chi connectivity index (χ4n) is 2.44. The number of nitrogens with zero attached hydrogens (tertiary/aromatic N) is 2. The molecule has 0 aliphatic heterocycles. The lowest BCUT2D eigenvalue weighted by Crippen LogP contribution is -2.27. The number of carbonyl (C=O) groups is 1. The second kappa shape index (κ2) is 8.22. The van der Waals surface area contributed by atoms with E-state index in [1.807, 2.05) is 44.4 Å². The number of nitrogens with one attached hydrogen (secondary N) is 1. The van der Waals surface area contributed by atoms with E-state index in [2.05, 4.69) is 15.3 Å².